The molecule has 0 spiro atoms. The minimum Gasteiger partial charge on any atom is -0.481 e. The van der Waals surface area contributed by atoms with Crippen LogP contribution in [0.25, 0.3) is 0 Å². The highest BCUT2D eigenvalue weighted by atomic mass is 32.3. The average molecular weight is 317 g/mol. The van der Waals surface area contributed by atoms with E-state index in [9.17, 15) is 21.6 Å². The Morgan fingerprint density at radius 3 is 2.50 bits per heavy atom. The fraction of sp³-hybridized carbons (Fsp3) is 0.875. The molecule has 0 bridgehead atoms. The number of carboxylic acid groups (broad SMARTS) is 1. The summed E-state index contributed by atoms with van der Waals surface area (Å²) in [6.45, 7) is 0.153. The van der Waals surface area contributed by atoms with Gasteiger partial charge in [0.25, 0.3) is 0 Å². The Morgan fingerprint density at radius 2 is 2.00 bits per heavy atom. The molecule has 1 N–H and O–H groups in total. The van der Waals surface area contributed by atoms with Gasteiger partial charge in [-0.25, -0.2) is 16.8 Å². The van der Waals surface area contributed by atoms with E-state index < -0.39 is 37.0 Å². The van der Waals surface area contributed by atoms with E-state index in [1.54, 1.807) is 0 Å². The molecular formula is C8H15NO6S3. The summed E-state index contributed by atoms with van der Waals surface area (Å²) in [5, 5.41) is 7.76. The van der Waals surface area contributed by atoms with Crippen molar-refractivity contribution < 1.29 is 26.7 Å². The van der Waals surface area contributed by atoms with E-state index in [1.807, 2.05) is 0 Å². The molecule has 0 radical (unpaired) electrons. The van der Waals surface area contributed by atoms with Crippen LogP contribution >= 0.6 is 11.8 Å². The van der Waals surface area contributed by atoms with Crippen molar-refractivity contribution in [2.75, 3.05) is 29.4 Å². The van der Waals surface area contributed by atoms with Gasteiger partial charge in [0.05, 0.1) is 6.42 Å². The van der Waals surface area contributed by atoms with E-state index >= 15 is 0 Å². The van der Waals surface area contributed by atoms with E-state index in [4.69, 9.17) is 5.11 Å². The lowest BCUT2D eigenvalue weighted by atomic mass is 10.2. The number of carboxylic acids is 1. The van der Waals surface area contributed by atoms with Crippen molar-refractivity contribution in [1.82, 2.24) is 4.31 Å². The van der Waals surface area contributed by atoms with Gasteiger partial charge in [0.1, 0.15) is 0 Å². The van der Waals surface area contributed by atoms with Gasteiger partial charge in [-0.05, 0) is 0 Å². The third kappa shape index (κ3) is 4.75. The van der Waals surface area contributed by atoms with Crippen molar-refractivity contribution in [2.45, 2.75) is 12.5 Å². The SMILES string of the molecule is CS(=O)(=O)CS(=O)(=O)N1CCSCC1CC(=O)O. The Hall–Kier alpha value is -0.320. The first-order chi connectivity index (χ1) is 8.12. The number of carbonyl (C=O) groups is 1. The molecule has 0 aromatic heterocycles. The van der Waals surface area contributed by atoms with Gasteiger partial charge in [-0.3, -0.25) is 4.79 Å². The van der Waals surface area contributed by atoms with Crippen LogP contribution in [0.5, 0.6) is 0 Å². The van der Waals surface area contributed by atoms with Gasteiger partial charge < -0.3 is 5.11 Å². The van der Waals surface area contributed by atoms with Crippen molar-refractivity contribution in [3.8, 4) is 0 Å². The normalized spacial score (nSPS) is 22.8. The second-order valence-electron chi connectivity index (χ2n) is 4.09. The molecule has 10 heteroatoms. The average Bonchev–Trinajstić information content (AvgIpc) is 2.13. The van der Waals surface area contributed by atoms with Crippen LogP contribution < -0.4 is 0 Å². The van der Waals surface area contributed by atoms with E-state index in [0.29, 0.717) is 11.5 Å². The van der Waals surface area contributed by atoms with Gasteiger partial charge in [-0.1, -0.05) is 0 Å². The fourth-order valence-electron chi connectivity index (χ4n) is 1.71. The number of nitrogens with zero attached hydrogens (tertiary/aromatic N) is 1. The number of thioether (sulfide) groups is 1. The van der Waals surface area contributed by atoms with Crippen molar-refractivity contribution in [3.63, 3.8) is 0 Å². The van der Waals surface area contributed by atoms with Crippen LogP contribution in [-0.2, 0) is 24.7 Å². The Morgan fingerprint density at radius 1 is 1.39 bits per heavy atom. The minimum absolute atomic E-state index is 0.153. The number of hydrogen-bond acceptors (Lipinski definition) is 6. The maximum Gasteiger partial charge on any atom is 0.305 e. The van der Waals surface area contributed by atoms with Gasteiger partial charge >= 0.3 is 5.97 Å². The van der Waals surface area contributed by atoms with Crippen LogP contribution in [-0.4, -0.2) is 67.6 Å². The molecule has 0 saturated carbocycles. The lowest BCUT2D eigenvalue weighted by Gasteiger charge is -2.33. The van der Waals surface area contributed by atoms with E-state index in [-0.39, 0.29) is 13.0 Å². The molecule has 0 aliphatic carbocycles. The highest BCUT2D eigenvalue weighted by molar-refractivity contribution is 8.06. The molecule has 1 rings (SSSR count). The van der Waals surface area contributed by atoms with Gasteiger partial charge in [-0.15, -0.1) is 0 Å². The third-order valence-electron chi connectivity index (χ3n) is 2.30. The molecule has 1 fully saturated rings. The topological polar surface area (TPSA) is 109 Å². The third-order valence-corrected chi connectivity index (χ3v) is 7.50. The first-order valence-corrected chi connectivity index (χ1v) is 9.91. The predicted octanol–water partition coefficient (Wildman–Crippen LogP) is -0.790. The molecule has 1 saturated heterocycles. The Balaban J connectivity index is 2.92. The molecule has 1 aliphatic heterocycles. The predicted molar refractivity (Wildman–Crippen MR) is 68.7 cm³/mol. The minimum atomic E-state index is -3.97. The Bertz CT molecular complexity index is 511. The largest absolute Gasteiger partial charge is 0.481 e. The van der Waals surface area contributed by atoms with E-state index in [2.05, 4.69) is 0 Å². The summed E-state index contributed by atoms with van der Waals surface area (Å²) < 4.78 is 47.1. The molecule has 7 nitrogen and oxygen atoms in total. The molecular weight excluding hydrogens is 302 g/mol. The summed E-state index contributed by atoms with van der Waals surface area (Å²) >= 11 is 1.46. The smallest absolute Gasteiger partial charge is 0.305 e. The molecule has 1 heterocycles. The summed E-state index contributed by atoms with van der Waals surface area (Å²) in [6.07, 6.45) is 0.533. The highest BCUT2D eigenvalue weighted by Crippen LogP contribution is 2.22. The summed E-state index contributed by atoms with van der Waals surface area (Å²) in [5.74, 6) is -0.184. The van der Waals surface area contributed by atoms with Gasteiger partial charge in [-0.2, -0.15) is 16.1 Å². The van der Waals surface area contributed by atoms with Crippen LogP contribution in [0.15, 0.2) is 0 Å². The Kier molecular flexibility index (Phi) is 5.04. The van der Waals surface area contributed by atoms with Crippen LogP contribution in [0.4, 0.5) is 0 Å². The van der Waals surface area contributed by atoms with Gasteiger partial charge in [0.15, 0.2) is 14.9 Å². The highest BCUT2D eigenvalue weighted by Gasteiger charge is 2.35. The maximum absolute atomic E-state index is 11.9. The van der Waals surface area contributed by atoms with Crippen molar-refractivity contribution in [3.05, 3.63) is 0 Å². The summed E-state index contributed by atoms with van der Waals surface area (Å²) in [4.78, 5) is 10.7. The first-order valence-electron chi connectivity index (χ1n) is 5.08. The molecule has 0 amide bonds. The summed E-state index contributed by atoms with van der Waals surface area (Å²) in [7, 11) is -7.63. The monoisotopic (exact) mass is 317 g/mol. The van der Waals surface area contributed by atoms with Gasteiger partial charge in [0.2, 0.25) is 10.0 Å². The zero-order valence-corrected chi connectivity index (χ0v) is 12.2. The van der Waals surface area contributed by atoms with Crippen molar-refractivity contribution in [1.29, 1.82) is 0 Å². The summed E-state index contributed by atoms with van der Waals surface area (Å²) in [6, 6.07) is -0.673. The summed E-state index contributed by atoms with van der Waals surface area (Å²) in [5.41, 5.74) is 0. The zero-order chi connectivity index (χ0) is 14.0. The molecule has 18 heavy (non-hydrogen) atoms. The number of sulfone groups is 1. The van der Waals surface area contributed by atoms with E-state index in [0.717, 1.165) is 10.6 Å². The molecule has 1 unspecified atom stereocenters. The second kappa shape index (κ2) is 5.76. The lowest BCUT2D eigenvalue weighted by Crippen LogP contribution is -2.48. The molecule has 106 valence electrons. The van der Waals surface area contributed by atoms with Crippen LogP contribution in [0, 0.1) is 0 Å². The lowest BCUT2D eigenvalue weighted by molar-refractivity contribution is -0.137. The van der Waals surface area contributed by atoms with Crippen LogP contribution in [0.2, 0.25) is 0 Å². The number of aliphatic carboxylic acids is 1. The molecule has 0 aromatic rings. The van der Waals surface area contributed by atoms with E-state index in [1.165, 1.54) is 11.8 Å². The standard InChI is InChI=1S/C8H15NO6S3/c1-17(12,13)6-18(14,15)9-2-3-16-5-7(9)4-8(10)11/h7H,2-6H2,1H3,(H,10,11). The maximum atomic E-state index is 11.9. The van der Waals surface area contributed by atoms with Crippen molar-refractivity contribution in [2.24, 2.45) is 0 Å². The fourth-order valence-corrected chi connectivity index (χ4v) is 6.66. The molecule has 0 aromatic carbocycles. The molecule has 1 atom stereocenters. The number of rotatable bonds is 5. The van der Waals surface area contributed by atoms with Gasteiger partial charge in [0, 0.05) is 30.3 Å². The zero-order valence-electron chi connectivity index (χ0n) is 9.77. The second-order valence-corrected chi connectivity index (χ2v) is 9.67. The van der Waals surface area contributed by atoms with Crippen LogP contribution in [0.1, 0.15) is 6.42 Å². The number of hydrogen-bond donors (Lipinski definition) is 1. The van der Waals surface area contributed by atoms with Crippen molar-refractivity contribution >= 4 is 37.6 Å². The molecule has 1 aliphatic rings. The number of sulfonamides is 1. The first kappa shape index (κ1) is 15.7. The quantitative estimate of drug-likeness (QED) is 0.707. The Labute approximate surface area is 111 Å². The van der Waals surface area contributed by atoms with Crippen LogP contribution in [0.3, 0.4) is 0 Å².